The number of aromatic nitrogens is 1. The Labute approximate surface area is 93.1 Å². The fourth-order valence-corrected chi connectivity index (χ4v) is 1.72. The number of methoxy groups -OCH3 is 1. The van der Waals surface area contributed by atoms with Crippen LogP contribution < -0.4 is 0 Å². The number of hydrogen-bond donors (Lipinski definition) is 1. The van der Waals surface area contributed by atoms with Crippen molar-refractivity contribution in [2.75, 3.05) is 7.11 Å². The van der Waals surface area contributed by atoms with Gasteiger partial charge in [-0.2, -0.15) is 0 Å². The molecule has 0 fully saturated rings. The molecule has 0 saturated carbocycles. The number of aryl methyl sites for hydroxylation is 1. The number of esters is 1. The van der Waals surface area contributed by atoms with Crippen LogP contribution in [0.1, 0.15) is 6.42 Å². The highest BCUT2D eigenvalue weighted by molar-refractivity contribution is 5.86. The summed E-state index contributed by atoms with van der Waals surface area (Å²) in [5.74, 6) is 0.0244. The SMILES string of the molecule is COC(=O)CCn1ccc2c(O)cccc21. The third-order valence-electron chi connectivity index (χ3n) is 2.58. The highest BCUT2D eigenvalue weighted by Crippen LogP contribution is 2.25. The Kier molecular flexibility index (Phi) is 2.81. The molecule has 0 aliphatic rings. The lowest BCUT2D eigenvalue weighted by molar-refractivity contribution is -0.140. The van der Waals surface area contributed by atoms with E-state index < -0.39 is 0 Å². The quantitative estimate of drug-likeness (QED) is 0.802. The van der Waals surface area contributed by atoms with Gasteiger partial charge in [0.2, 0.25) is 0 Å². The van der Waals surface area contributed by atoms with E-state index in [1.807, 2.05) is 22.9 Å². The number of aromatic hydroxyl groups is 1. The molecule has 0 bridgehead atoms. The lowest BCUT2D eigenvalue weighted by Crippen LogP contribution is -2.05. The Morgan fingerprint density at radius 2 is 2.25 bits per heavy atom. The number of phenols is 1. The number of phenolic OH excluding ortho intramolecular Hbond substituents is 1. The summed E-state index contributed by atoms with van der Waals surface area (Å²) in [7, 11) is 1.38. The van der Waals surface area contributed by atoms with Gasteiger partial charge in [-0.3, -0.25) is 4.79 Å². The van der Waals surface area contributed by atoms with Gasteiger partial charge in [0.25, 0.3) is 0 Å². The summed E-state index contributed by atoms with van der Waals surface area (Å²) in [6.45, 7) is 0.555. The van der Waals surface area contributed by atoms with Crippen molar-refractivity contribution in [3.8, 4) is 5.75 Å². The largest absolute Gasteiger partial charge is 0.507 e. The molecule has 0 aliphatic carbocycles. The van der Waals surface area contributed by atoms with Crippen LogP contribution in [0, 0.1) is 0 Å². The molecule has 0 amide bonds. The average Bonchev–Trinajstić information content (AvgIpc) is 2.70. The number of benzene rings is 1. The summed E-state index contributed by atoms with van der Waals surface area (Å²) in [6.07, 6.45) is 2.18. The first kappa shape index (κ1) is 10.5. The van der Waals surface area contributed by atoms with Crippen LogP contribution >= 0.6 is 0 Å². The first-order valence-corrected chi connectivity index (χ1v) is 5.06. The molecule has 0 saturated heterocycles. The van der Waals surface area contributed by atoms with Crippen LogP contribution in [0.2, 0.25) is 0 Å². The summed E-state index contributed by atoms with van der Waals surface area (Å²) in [4.78, 5) is 11.0. The van der Waals surface area contributed by atoms with Crippen molar-refractivity contribution in [1.82, 2.24) is 4.57 Å². The predicted molar refractivity (Wildman–Crippen MR) is 60.2 cm³/mol. The second-order valence-electron chi connectivity index (χ2n) is 3.55. The standard InChI is InChI=1S/C12H13NO3/c1-16-12(15)6-8-13-7-5-9-10(13)3-2-4-11(9)14/h2-5,7,14H,6,8H2,1H3. The minimum atomic E-state index is -0.234. The van der Waals surface area contributed by atoms with Crippen LogP contribution in [-0.4, -0.2) is 22.8 Å². The Hall–Kier alpha value is -1.97. The van der Waals surface area contributed by atoms with Gasteiger partial charge >= 0.3 is 5.97 Å². The molecule has 4 heteroatoms. The van der Waals surface area contributed by atoms with E-state index in [9.17, 15) is 9.90 Å². The monoisotopic (exact) mass is 219 g/mol. The Morgan fingerprint density at radius 1 is 1.44 bits per heavy atom. The van der Waals surface area contributed by atoms with Gasteiger partial charge in [0, 0.05) is 18.1 Å². The Bertz CT molecular complexity index is 516. The molecule has 1 aromatic heterocycles. The number of hydrogen-bond acceptors (Lipinski definition) is 3. The third kappa shape index (κ3) is 1.86. The second kappa shape index (κ2) is 4.26. The maximum absolute atomic E-state index is 11.0. The molecule has 0 spiro atoms. The molecule has 16 heavy (non-hydrogen) atoms. The van der Waals surface area contributed by atoms with Crippen molar-refractivity contribution in [2.24, 2.45) is 0 Å². The number of nitrogens with zero attached hydrogens (tertiary/aromatic N) is 1. The van der Waals surface area contributed by atoms with E-state index in [-0.39, 0.29) is 11.7 Å². The predicted octanol–water partition coefficient (Wildman–Crippen LogP) is 1.91. The molecule has 0 radical (unpaired) electrons. The summed E-state index contributed by atoms with van der Waals surface area (Å²) in [5, 5.41) is 10.4. The lowest BCUT2D eigenvalue weighted by Gasteiger charge is -2.04. The van der Waals surface area contributed by atoms with E-state index >= 15 is 0 Å². The molecule has 1 N–H and O–H groups in total. The first-order chi connectivity index (χ1) is 7.72. The molecule has 4 nitrogen and oxygen atoms in total. The molecular formula is C12H13NO3. The van der Waals surface area contributed by atoms with Crippen molar-refractivity contribution in [3.05, 3.63) is 30.5 Å². The van der Waals surface area contributed by atoms with Gasteiger partial charge in [-0.1, -0.05) is 6.07 Å². The fraction of sp³-hybridized carbons (Fsp3) is 0.250. The summed E-state index contributed by atoms with van der Waals surface area (Å²) >= 11 is 0. The van der Waals surface area contributed by atoms with E-state index in [1.54, 1.807) is 12.1 Å². The lowest BCUT2D eigenvalue weighted by atomic mass is 10.2. The van der Waals surface area contributed by atoms with Crippen LogP contribution in [0.25, 0.3) is 10.9 Å². The normalized spacial score (nSPS) is 10.6. The van der Waals surface area contributed by atoms with Crippen LogP contribution in [-0.2, 0) is 16.1 Å². The molecule has 0 atom stereocenters. The van der Waals surface area contributed by atoms with Gasteiger partial charge in [-0.15, -0.1) is 0 Å². The van der Waals surface area contributed by atoms with Gasteiger partial charge in [-0.05, 0) is 18.2 Å². The van der Waals surface area contributed by atoms with Crippen LogP contribution in [0.4, 0.5) is 0 Å². The van der Waals surface area contributed by atoms with E-state index in [4.69, 9.17) is 0 Å². The van der Waals surface area contributed by atoms with Gasteiger partial charge in [-0.25, -0.2) is 0 Å². The molecule has 2 rings (SSSR count). The topological polar surface area (TPSA) is 51.5 Å². The molecule has 1 heterocycles. The van der Waals surface area contributed by atoms with Gasteiger partial charge < -0.3 is 14.4 Å². The zero-order chi connectivity index (χ0) is 11.5. The molecule has 1 aromatic carbocycles. The Balaban J connectivity index is 2.25. The zero-order valence-corrected chi connectivity index (χ0v) is 9.01. The maximum Gasteiger partial charge on any atom is 0.307 e. The van der Waals surface area contributed by atoms with Crippen molar-refractivity contribution < 1.29 is 14.6 Å². The van der Waals surface area contributed by atoms with E-state index in [2.05, 4.69) is 4.74 Å². The second-order valence-corrected chi connectivity index (χ2v) is 3.55. The van der Waals surface area contributed by atoms with Crippen molar-refractivity contribution in [1.29, 1.82) is 0 Å². The number of rotatable bonds is 3. The van der Waals surface area contributed by atoms with E-state index in [1.165, 1.54) is 7.11 Å². The van der Waals surface area contributed by atoms with E-state index in [0.29, 0.717) is 13.0 Å². The van der Waals surface area contributed by atoms with E-state index in [0.717, 1.165) is 10.9 Å². The molecule has 2 aromatic rings. The van der Waals surface area contributed by atoms with Gasteiger partial charge in [0.15, 0.2) is 0 Å². The molecule has 84 valence electrons. The molecular weight excluding hydrogens is 206 g/mol. The van der Waals surface area contributed by atoms with Crippen molar-refractivity contribution in [3.63, 3.8) is 0 Å². The number of carbonyl (C=O) groups excluding carboxylic acids is 1. The van der Waals surface area contributed by atoms with Gasteiger partial charge in [0.05, 0.1) is 19.0 Å². The van der Waals surface area contributed by atoms with Crippen LogP contribution in [0.5, 0.6) is 5.75 Å². The van der Waals surface area contributed by atoms with Crippen molar-refractivity contribution >= 4 is 16.9 Å². The highest BCUT2D eigenvalue weighted by Gasteiger charge is 2.06. The van der Waals surface area contributed by atoms with Gasteiger partial charge in [0.1, 0.15) is 5.75 Å². The summed E-state index contributed by atoms with van der Waals surface area (Å²) in [5.41, 5.74) is 0.920. The maximum atomic E-state index is 11.0. The number of carbonyl (C=O) groups is 1. The molecule has 0 unspecified atom stereocenters. The number of ether oxygens (including phenoxy) is 1. The minimum absolute atomic E-state index is 0.234. The summed E-state index contributed by atoms with van der Waals surface area (Å²) < 4.78 is 6.51. The van der Waals surface area contributed by atoms with Crippen molar-refractivity contribution in [2.45, 2.75) is 13.0 Å². The summed E-state index contributed by atoms with van der Waals surface area (Å²) in [6, 6.07) is 7.17. The third-order valence-corrected chi connectivity index (χ3v) is 2.58. The highest BCUT2D eigenvalue weighted by atomic mass is 16.5. The molecule has 0 aliphatic heterocycles. The average molecular weight is 219 g/mol. The van der Waals surface area contributed by atoms with Crippen LogP contribution in [0.15, 0.2) is 30.5 Å². The smallest absolute Gasteiger partial charge is 0.307 e. The number of fused-ring (bicyclic) bond motifs is 1. The first-order valence-electron chi connectivity index (χ1n) is 5.06. The Morgan fingerprint density at radius 3 is 3.00 bits per heavy atom. The fourth-order valence-electron chi connectivity index (χ4n) is 1.72. The zero-order valence-electron chi connectivity index (χ0n) is 9.01. The minimum Gasteiger partial charge on any atom is -0.507 e. The van der Waals surface area contributed by atoms with Crippen LogP contribution in [0.3, 0.4) is 0 Å².